The first-order valence-electron chi connectivity index (χ1n) is 9.43. The predicted octanol–water partition coefficient (Wildman–Crippen LogP) is 3.54. The normalized spacial score (nSPS) is 19.4. The number of carbonyl (C=O) groups excluding carboxylic acids is 1. The second kappa shape index (κ2) is 9.51. The van der Waals surface area contributed by atoms with Crippen molar-refractivity contribution in [1.82, 2.24) is 5.32 Å². The molecule has 1 amide bonds. The fraction of sp³-hybridized carbons (Fsp3) is 0.409. The van der Waals surface area contributed by atoms with Crippen molar-refractivity contribution >= 4 is 5.91 Å². The second-order valence-electron chi connectivity index (χ2n) is 7.08. The molecule has 3 N–H and O–H groups in total. The largest absolute Gasteiger partial charge is 0.372 e. The highest BCUT2D eigenvalue weighted by Gasteiger charge is 2.25. The van der Waals surface area contributed by atoms with E-state index < -0.39 is 0 Å². The minimum absolute atomic E-state index is 0.0901. The Labute approximate surface area is 155 Å². The monoisotopic (exact) mass is 352 g/mol. The van der Waals surface area contributed by atoms with Gasteiger partial charge in [0.05, 0.1) is 13.2 Å². The van der Waals surface area contributed by atoms with Gasteiger partial charge in [0.1, 0.15) is 0 Å². The Morgan fingerprint density at radius 3 is 2.46 bits per heavy atom. The molecule has 0 unspecified atom stereocenters. The molecule has 0 aliphatic heterocycles. The smallest absolute Gasteiger partial charge is 0.220 e. The van der Waals surface area contributed by atoms with Crippen molar-refractivity contribution in [2.45, 2.75) is 51.5 Å². The van der Waals surface area contributed by atoms with E-state index in [1.165, 1.54) is 0 Å². The van der Waals surface area contributed by atoms with Crippen LogP contribution in [-0.2, 0) is 29.3 Å². The number of carbonyl (C=O) groups is 1. The van der Waals surface area contributed by atoms with Crippen LogP contribution in [0.3, 0.4) is 0 Å². The van der Waals surface area contributed by atoms with Gasteiger partial charge in [-0.3, -0.25) is 4.79 Å². The zero-order valence-corrected chi connectivity index (χ0v) is 15.2. The molecule has 0 saturated heterocycles. The van der Waals surface area contributed by atoms with Crippen molar-refractivity contribution in [2.75, 3.05) is 0 Å². The lowest BCUT2D eigenvalue weighted by Gasteiger charge is -2.15. The Hall–Kier alpha value is -2.17. The molecular weight excluding hydrogens is 324 g/mol. The van der Waals surface area contributed by atoms with Crippen molar-refractivity contribution in [3.8, 4) is 0 Å². The summed E-state index contributed by atoms with van der Waals surface area (Å²) in [5, 5.41) is 3.04. The van der Waals surface area contributed by atoms with E-state index in [-0.39, 0.29) is 11.9 Å². The van der Waals surface area contributed by atoms with E-state index in [1.807, 2.05) is 36.4 Å². The van der Waals surface area contributed by atoms with Crippen LogP contribution in [0.2, 0.25) is 0 Å². The summed E-state index contributed by atoms with van der Waals surface area (Å²) in [7, 11) is 0. The number of nitrogens with one attached hydrogen (secondary N) is 1. The van der Waals surface area contributed by atoms with Gasteiger partial charge in [0.2, 0.25) is 5.91 Å². The molecule has 1 aliphatic carbocycles. The highest BCUT2D eigenvalue weighted by atomic mass is 16.5. The van der Waals surface area contributed by atoms with Crippen LogP contribution < -0.4 is 11.1 Å². The van der Waals surface area contributed by atoms with E-state index in [2.05, 4.69) is 23.5 Å². The molecule has 0 spiro atoms. The molecule has 1 saturated carbocycles. The van der Waals surface area contributed by atoms with Gasteiger partial charge >= 0.3 is 0 Å². The minimum atomic E-state index is 0.0901. The molecule has 2 aromatic carbocycles. The van der Waals surface area contributed by atoms with E-state index in [9.17, 15) is 4.79 Å². The first-order valence-corrected chi connectivity index (χ1v) is 9.43. The summed E-state index contributed by atoms with van der Waals surface area (Å²) in [5.41, 5.74) is 9.44. The van der Waals surface area contributed by atoms with E-state index in [1.54, 1.807) is 0 Å². The van der Waals surface area contributed by atoms with Gasteiger partial charge in [-0.15, -0.1) is 0 Å². The van der Waals surface area contributed by atoms with E-state index in [0.717, 1.165) is 36.0 Å². The van der Waals surface area contributed by atoms with Crippen LogP contribution in [0.15, 0.2) is 54.6 Å². The summed E-state index contributed by atoms with van der Waals surface area (Å²) in [6.45, 7) is 1.65. The average molecular weight is 352 g/mol. The number of rotatable bonds is 8. The predicted molar refractivity (Wildman–Crippen MR) is 103 cm³/mol. The maximum atomic E-state index is 12.2. The SMILES string of the molecule is N[C@@H]1CCC[C@H]1CC(=O)NCc1ccccc1COCc1ccccc1. The summed E-state index contributed by atoms with van der Waals surface area (Å²) in [6.07, 6.45) is 3.78. The van der Waals surface area contributed by atoms with Gasteiger partial charge in [-0.05, 0) is 35.4 Å². The molecule has 3 rings (SSSR count). The molecule has 2 aromatic rings. The Bertz CT molecular complexity index is 702. The Morgan fingerprint density at radius 1 is 1.00 bits per heavy atom. The standard InChI is InChI=1S/C22H28N2O2/c23-21-12-6-11-18(21)13-22(25)24-14-19-9-4-5-10-20(19)16-26-15-17-7-2-1-3-8-17/h1-5,7-10,18,21H,6,11-16,23H2,(H,24,25)/t18-,21+/m0/s1. The Balaban J connectivity index is 1.48. The molecule has 4 heteroatoms. The second-order valence-corrected chi connectivity index (χ2v) is 7.08. The number of nitrogens with two attached hydrogens (primary N) is 1. The van der Waals surface area contributed by atoms with Gasteiger partial charge in [0.15, 0.2) is 0 Å². The summed E-state index contributed by atoms with van der Waals surface area (Å²) in [5.74, 6) is 0.423. The fourth-order valence-corrected chi connectivity index (χ4v) is 3.55. The van der Waals surface area contributed by atoms with Crippen LogP contribution >= 0.6 is 0 Å². The number of benzene rings is 2. The maximum Gasteiger partial charge on any atom is 0.220 e. The molecule has 0 bridgehead atoms. The van der Waals surface area contributed by atoms with Crippen molar-refractivity contribution in [3.63, 3.8) is 0 Å². The van der Waals surface area contributed by atoms with Crippen molar-refractivity contribution in [1.29, 1.82) is 0 Å². The van der Waals surface area contributed by atoms with Crippen molar-refractivity contribution < 1.29 is 9.53 Å². The fourth-order valence-electron chi connectivity index (χ4n) is 3.55. The zero-order valence-electron chi connectivity index (χ0n) is 15.2. The van der Waals surface area contributed by atoms with Gasteiger partial charge < -0.3 is 15.8 Å². The third kappa shape index (κ3) is 5.41. The molecule has 0 heterocycles. The zero-order chi connectivity index (χ0) is 18.2. The molecule has 1 fully saturated rings. The number of hydrogen-bond donors (Lipinski definition) is 2. The van der Waals surface area contributed by atoms with E-state index >= 15 is 0 Å². The van der Waals surface area contributed by atoms with Gasteiger partial charge in [0.25, 0.3) is 0 Å². The van der Waals surface area contributed by atoms with Crippen LogP contribution in [0.25, 0.3) is 0 Å². The molecule has 26 heavy (non-hydrogen) atoms. The van der Waals surface area contributed by atoms with Crippen LogP contribution in [-0.4, -0.2) is 11.9 Å². The Kier molecular flexibility index (Phi) is 6.81. The number of amides is 1. The first-order chi connectivity index (χ1) is 12.7. The van der Waals surface area contributed by atoms with Crippen molar-refractivity contribution in [2.24, 2.45) is 11.7 Å². The summed E-state index contributed by atoms with van der Waals surface area (Å²) in [4.78, 5) is 12.2. The third-order valence-electron chi connectivity index (χ3n) is 5.13. The molecule has 0 radical (unpaired) electrons. The molecule has 138 valence electrons. The van der Waals surface area contributed by atoms with Gasteiger partial charge in [-0.1, -0.05) is 61.0 Å². The molecule has 0 aromatic heterocycles. The molecule has 1 aliphatic rings. The van der Waals surface area contributed by atoms with Gasteiger partial charge in [-0.2, -0.15) is 0 Å². The number of ether oxygens (including phenoxy) is 1. The first kappa shape index (κ1) is 18.6. The van der Waals surface area contributed by atoms with E-state index in [0.29, 0.717) is 32.1 Å². The average Bonchev–Trinajstić information content (AvgIpc) is 3.06. The van der Waals surface area contributed by atoms with Crippen LogP contribution in [0.5, 0.6) is 0 Å². The Morgan fingerprint density at radius 2 is 1.73 bits per heavy atom. The highest BCUT2D eigenvalue weighted by molar-refractivity contribution is 5.76. The van der Waals surface area contributed by atoms with Gasteiger partial charge in [-0.25, -0.2) is 0 Å². The molecular formula is C22H28N2O2. The number of hydrogen-bond acceptors (Lipinski definition) is 3. The van der Waals surface area contributed by atoms with Crippen LogP contribution in [0.4, 0.5) is 0 Å². The molecule has 2 atom stereocenters. The van der Waals surface area contributed by atoms with Crippen LogP contribution in [0.1, 0.15) is 42.4 Å². The van der Waals surface area contributed by atoms with Crippen LogP contribution in [0, 0.1) is 5.92 Å². The topological polar surface area (TPSA) is 64.4 Å². The minimum Gasteiger partial charge on any atom is -0.372 e. The summed E-state index contributed by atoms with van der Waals surface area (Å²) < 4.78 is 5.85. The highest BCUT2D eigenvalue weighted by Crippen LogP contribution is 2.26. The quantitative estimate of drug-likeness (QED) is 0.764. The van der Waals surface area contributed by atoms with Gasteiger partial charge in [0, 0.05) is 19.0 Å². The third-order valence-corrected chi connectivity index (χ3v) is 5.13. The summed E-state index contributed by atoms with van der Waals surface area (Å²) >= 11 is 0. The lowest BCUT2D eigenvalue weighted by Crippen LogP contribution is -2.31. The summed E-state index contributed by atoms with van der Waals surface area (Å²) in [6, 6.07) is 18.4. The lowest BCUT2D eigenvalue weighted by molar-refractivity contribution is -0.122. The van der Waals surface area contributed by atoms with Crippen molar-refractivity contribution in [3.05, 3.63) is 71.3 Å². The molecule has 4 nitrogen and oxygen atoms in total. The lowest BCUT2D eigenvalue weighted by atomic mass is 10.00. The maximum absolute atomic E-state index is 12.2. The van der Waals surface area contributed by atoms with E-state index in [4.69, 9.17) is 10.5 Å².